The van der Waals surface area contributed by atoms with Gasteiger partial charge in [0.05, 0.1) is 17.6 Å². The van der Waals surface area contributed by atoms with Crippen molar-refractivity contribution >= 4 is 72.6 Å². The molecule has 0 saturated carbocycles. The summed E-state index contributed by atoms with van der Waals surface area (Å²) in [6.45, 7) is 0. The van der Waals surface area contributed by atoms with Crippen LogP contribution < -0.4 is 15.4 Å². The molecule has 0 spiro atoms. The first-order chi connectivity index (χ1) is 15.8. The van der Waals surface area contributed by atoms with E-state index in [4.69, 9.17) is 28.6 Å². The maximum absolute atomic E-state index is 12.6. The minimum absolute atomic E-state index is 0.101. The van der Waals surface area contributed by atoms with Crippen LogP contribution in [0.15, 0.2) is 53.4 Å². The predicted octanol–water partition coefficient (Wildman–Crippen LogP) is 5.29. The van der Waals surface area contributed by atoms with Crippen molar-refractivity contribution < 1.29 is 17.9 Å². The number of halogens is 1. The molecular weight excluding hydrogens is 502 g/mol. The zero-order valence-corrected chi connectivity index (χ0v) is 20.7. The molecule has 0 bridgehead atoms. The van der Waals surface area contributed by atoms with E-state index in [0.29, 0.717) is 27.0 Å². The van der Waals surface area contributed by atoms with Crippen molar-refractivity contribution in [2.75, 3.05) is 22.5 Å². The van der Waals surface area contributed by atoms with Gasteiger partial charge in [-0.3, -0.25) is 4.72 Å². The Hall–Kier alpha value is -2.66. The molecule has 0 unspecified atom stereocenters. The number of hydrogen-bond acceptors (Lipinski definition) is 6. The summed E-state index contributed by atoms with van der Waals surface area (Å²) in [6, 6.07) is 12.6. The third kappa shape index (κ3) is 5.30. The highest BCUT2D eigenvalue weighted by molar-refractivity contribution is 7.92. The maximum atomic E-state index is 12.6. The SMILES string of the molecule is COC(=O)c1c(NC(=S)Nc2ccc(S(=O)(=O)Nc3ccc(Cl)cc3)cc2)sc2c1CCC2. The quantitative estimate of drug-likeness (QED) is 0.299. The summed E-state index contributed by atoms with van der Waals surface area (Å²) >= 11 is 12.7. The Balaban J connectivity index is 1.44. The molecule has 172 valence electrons. The number of thiocarbonyl (C=S) groups is 1. The molecule has 1 aliphatic carbocycles. The Bertz CT molecular complexity index is 1300. The number of ether oxygens (including phenoxy) is 1. The van der Waals surface area contributed by atoms with E-state index in [-0.39, 0.29) is 16.0 Å². The van der Waals surface area contributed by atoms with Crippen LogP contribution in [0.3, 0.4) is 0 Å². The normalized spacial score (nSPS) is 12.7. The topological polar surface area (TPSA) is 96.5 Å². The van der Waals surface area contributed by atoms with Crippen LogP contribution in [0.1, 0.15) is 27.2 Å². The van der Waals surface area contributed by atoms with E-state index in [2.05, 4.69) is 15.4 Å². The second-order valence-electron chi connectivity index (χ2n) is 7.27. The molecule has 3 aromatic rings. The van der Waals surface area contributed by atoms with Gasteiger partial charge in [-0.15, -0.1) is 11.3 Å². The van der Waals surface area contributed by atoms with Gasteiger partial charge in [0, 0.05) is 21.3 Å². The smallest absolute Gasteiger partial charge is 0.341 e. The second-order valence-corrected chi connectivity index (χ2v) is 10.9. The number of fused-ring (bicyclic) bond motifs is 1. The van der Waals surface area contributed by atoms with Gasteiger partial charge >= 0.3 is 5.97 Å². The average Bonchev–Trinajstić information content (AvgIpc) is 3.36. The fourth-order valence-electron chi connectivity index (χ4n) is 3.53. The number of nitrogens with one attached hydrogen (secondary N) is 3. The zero-order chi connectivity index (χ0) is 23.6. The molecule has 0 atom stereocenters. The van der Waals surface area contributed by atoms with Crippen LogP contribution in [0.5, 0.6) is 0 Å². The molecule has 0 saturated heterocycles. The van der Waals surface area contributed by atoms with Gasteiger partial charge < -0.3 is 15.4 Å². The molecule has 7 nitrogen and oxygen atoms in total. The minimum Gasteiger partial charge on any atom is -0.465 e. The van der Waals surface area contributed by atoms with E-state index in [0.717, 1.165) is 24.8 Å². The summed E-state index contributed by atoms with van der Waals surface area (Å²) in [7, 11) is -2.40. The van der Waals surface area contributed by atoms with E-state index in [1.807, 2.05) is 0 Å². The molecule has 1 aliphatic rings. The predicted molar refractivity (Wildman–Crippen MR) is 136 cm³/mol. The van der Waals surface area contributed by atoms with Crippen molar-refractivity contribution in [3.63, 3.8) is 0 Å². The molecule has 0 amide bonds. The average molecular weight is 522 g/mol. The Labute approximate surface area is 206 Å². The number of sulfonamides is 1. The van der Waals surface area contributed by atoms with Gasteiger partial charge in [0.15, 0.2) is 5.11 Å². The van der Waals surface area contributed by atoms with Crippen LogP contribution >= 0.6 is 35.2 Å². The summed E-state index contributed by atoms with van der Waals surface area (Å²) < 4.78 is 32.7. The zero-order valence-electron chi connectivity index (χ0n) is 17.5. The monoisotopic (exact) mass is 521 g/mol. The van der Waals surface area contributed by atoms with Gasteiger partial charge in [0.1, 0.15) is 5.00 Å². The van der Waals surface area contributed by atoms with Gasteiger partial charge in [-0.05, 0) is 85.6 Å². The number of esters is 1. The van der Waals surface area contributed by atoms with Gasteiger partial charge in [0.25, 0.3) is 10.0 Å². The first-order valence-electron chi connectivity index (χ1n) is 9.96. The van der Waals surface area contributed by atoms with E-state index in [9.17, 15) is 13.2 Å². The van der Waals surface area contributed by atoms with E-state index >= 15 is 0 Å². The molecular formula is C22H20ClN3O4S3. The summed E-state index contributed by atoms with van der Waals surface area (Å²) in [5.41, 5.74) is 2.58. The van der Waals surface area contributed by atoms with Crippen LogP contribution in [-0.4, -0.2) is 26.6 Å². The Morgan fingerprint density at radius 2 is 1.70 bits per heavy atom. The lowest BCUT2D eigenvalue weighted by Gasteiger charge is -2.12. The van der Waals surface area contributed by atoms with E-state index in [1.165, 1.54) is 35.5 Å². The summed E-state index contributed by atoms with van der Waals surface area (Å²) in [6.07, 6.45) is 2.81. The Morgan fingerprint density at radius 1 is 1.03 bits per heavy atom. The molecule has 0 aliphatic heterocycles. The number of carbonyl (C=O) groups is 1. The fraction of sp³-hybridized carbons (Fsp3) is 0.182. The van der Waals surface area contributed by atoms with Crippen molar-refractivity contribution in [3.8, 4) is 0 Å². The minimum atomic E-state index is -3.76. The number of rotatable bonds is 6. The molecule has 33 heavy (non-hydrogen) atoms. The molecule has 3 N–H and O–H groups in total. The molecule has 1 heterocycles. The first-order valence-corrected chi connectivity index (χ1v) is 13.0. The van der Waals surface area contributed by atoms with Crippen LogP contribution in [-0.2, 0) is 27.6 Å². The van der Waals surface area contributed by atoms with Gasteiger partial charge in [-0.25, -0.2) is 13.2 Å². The van der Waals surface area contributed by atoms with Crippen molar-refractivity contribution in [2.24, 2.45) is 0 Å². The van der Waals surface area contributed by atoms with Crippen molar-refractivity contribution in [1.29, 1.82) is 0 Å². The van der Waals surface area contributed by atoms with Crippen LogP contribution in [0.4, 0.5) is 16.4 Å². The molecule has 4 rings (SSSR count). The first kappa shape index (κ1) is 23.5. The third-order valence-corrected chi connectivity index (χ3v) is 8.12. The highest BCUT2D eigenvalue weighted by Crippen LogP contribution is 2.39. The standard InChI is InChI=1S/C22H20ClN3O4S3/c1-30-21(27)19-17-3-2-4-18(17)32-20(19)25-22(31)24-14-9-11-16(12-10-14)33(28,29)26-15-7-5-13(23)6-8-15/h5-12,26H,2-4H2,1H3,(H2,24,25,31). The second kappa shape index (κ2) is 9.68. The number of aryl methyl sites for hydroxylation is 1. The van der Waals surface area contributed by atoms with Crippen molar-refractivity contribution in [2.45, 2.75) is 24.2 Å². The van der Waals surface area contributed by atoms with Gasteiger partial charge in [-0.2, -0.15) is 0 Å². The van der Waals surface area contributed by atoms with Gasteiger partial charge in [0.2, 0.25) is 0 Å². The lowest BCUT2D eigenvalue weighted by molar-refractivity contribution is 0.0601. The third-order valence-electron chi connectivity index (χ3n) is 5.06. The fourth-order valence-corrected chi connectivity index (χ4v) is 6.28. The van der Waals surface area contributed by atoms with Crippen LogP contribution in [0.2, 0.25) is 5.02 Å². The van der Waals surface area contributed by atoms with Crippen LogP contribution in [0, 0.1) is 0 Å². The highest BCUT2D eigenvalue weighted by Gasteiger charge is 2.27. The molecule has 0 fully saturated rings. The molecule has 11 heteroatoms. The number of anilines is 3. The van der Waals surface area contributed by atoms with Crippen LogP contribution in [0.25, 0.3) is 0 Å². The largest absolute Gasteiger partial charge is 0.465 e. The Kier molecular flexibility index (Phi) is 6.89. The molecule has 1 aromatic heterocycles. The summed E-state index contributed by atoms with van der Waals surface area (Å²) in [5, 5.41) is 7.55. The van der Waals surface area contributed by atoms with E-state index < -0.39 is 10.0 Å². The van der Waals surface area contributed by atoms with Crippen molar-refractivity contribution in [3.05, 3.63) is 69.6 Å². The number of benzene rings is 2. The number of carbonyl (C=O) groups excluding carboxylic acids is 1. The van der Waals surface area contributed by atoms with Crippen molar-refractivity contribution in [1.82, 2.24) is 0 Å². The Morgan fingerprint density at radius 3 is 2.36 bits per heavy atom. The molecule has 2 aromatic carbocycles. The summed E-state index contributed by atoms with van der Waals surface area (Å²) in [4.78, 5) is 13.6. The van der Waals surface area contributed by atoms with Gasteiger partial charge in [-0.1, -0.05) is 11.6 Å². The number of thiophene rings is 1. The van der Waals surface area contributed by atoms with E-state index in [1.54, 1.807) is 36.4 Å². The number of hydrogen-bond donors (Lipinski definition) is 3. The molecule has 0 radical (unpaired) electrons. The maximum Gasteiger partial charge on any atom is 0.341 e. The highest BCUT2D eigenvalue weighted by atomic mass is 35.5. The number of methoxy groups -OCH3 is 1. The summed E-state index contributed by atoms with van der Waals surface area (Å²) in [5.74, 6) is -0.387. The lowest BCUT2D eigenvalue weighted by atomic mass is 10.1. The lowest BCUT2D eigenvalue weighted by Crippen LogP contribution is -2.20.